The van der Waals surface area contributed by atoms with E-state index in [1.54, 1.807) is 49.5 Å². The molecule has 7 heteroatoms. The van der Waals surface area contributed by atoms with E-state index in [4.69, 9.17) is 23.2 Å². The Morgan fingerprint density at radius 3 is 2.53 bits per heavy atom. The molecular formula is C27H21Cl2N3O2. The third kappa shape index (κ3) is 4.09. The van der Waals surface area contributed by atoms with Crippen molar-refractivity contribution in [3.05, 3.63) is 117 Å². The van der Waals surface area contributed by atoms with E-state index in [9.17, 15) is 9.59 Å². The monoisotopic (exact) mass is 489 g/mol. The van der Waals surface area contributed by atoms with Crippen molar-refractivity contribution >= 4 is 46.3 Å². The Hall–Kier alpha value is -3.54. The standard InChI is InChI=1S/C27H21Cl2N3O2/c1-31(27(34)21-15-19(28)10-13-22(21)29)20-11-8-17(9-12-20)26(33)25-24-7-4-14-32(24)16-18-5-2-3-6-23(18)30-25/h2-15,25,30H,16H2,1H3. The minimum atomic E-state index is -0.519. The van der Waals surface area contributed by atoms with Crippen LogP contribution in [0.5, 0.6) is 0 Å². The summed E-state index contributed by atoms with van der Waals surface area (Å²) in [6.45, 7) is 0.702. The minimum absolute atomic E-state index is 0.0462. The summed E-state index contributed by atoms with van der Waals surface area (Å²) in [6.07, 6.45) is 1.99. The number of nitrogens with zero attached hydrogens (tertiary/aromatic N) is 2. The molecule has 1 amide bonds. The number of carbonyl (C=O) groups is 2. The van der Waals surface area contributed by atoms with Gasteiger partial charge in [0.05, 0.1) is 10.6 Å². The lowest BCUT2D eigenvalue weighted by atomic mass is 10.0. The number of Topliss-reactive ketones (excluding diaryl/α,β-unsaturated/α-hetero) is 1. The summed E-state index contributed by atoms with van der Waals surface area (Å²) < 4.78 is 2.09. The molecule has 4 aromatic rings. The molecule has 0 radical (unpaired) electrons. The molecule has 0 fully saturated rings. The summed E-state index contributed by atoms with van der Waals surface area (Å²) >= 11 is 12.2. The third-order valence-electron chi connectivity index (χ3n) is 6.08. The summed E-state index contributed by atoms with van der Waals surface area (Å²) in [5.41, 5.74) is 4.50. The van der Waals surface area contributed by atoms with Crippen molar-refractivity contribution in [2.24, 2.45) is 0 Å². The van der Waals surface area contributed by atoms with E-state index in [0.29, 0.717) is 33.4 Å². The van der Waals surface area contributed by atoms with Gasteiger partial charge in [-0.05, 0) is 66.2 Å². The second-order valence-electron chi connectivity index (χ2n) is 8.19. The molecule has 2 heterocycles. The van der Waals surface area contributed by atoms with E-state index in [2.05, 4.69) is 16.0 Å². The number of amides is 1. The second-order valence-corrected chi connectivity index (χ2v) is 9.04. The maximum Gasteiger partial charge on any atom is 0.259 e. The lowest BCUT2D eigenvalue weighted by Crippen LogP contribution is -2.26. The van der Waals surface area contributed by atoms with Gasteiger partial charge in [0.1, 0.15) is 6.04 Å². The molecule has 1 aromatic heterocycles. The summed E-state index contributed by atoms with van der Waals surface area (Å²) in [5.74, 6) is -0.332. The van der Waals surface area contributed by atoms with Crippen molar-refractivity contribution in [3.8, 4) is 0 Å². The number of carbonyl (C=O) groups excluding carboxylic acids is 2. The Kier molecular flexibility index (Phi) is 5.90. The van der Waals surface area contributed by atoms with Crippen LogP contribution in [0.15, 0.2) is 85.1 Å². The van der Waals surface area contributed by atoms with Crippen LogP contribution in [0.1, 0.15) is 38.0 Å². The number of halogens is 2. The van der Waals surface area contributed by atoms with E-state index in [-0.39, 0.29) is 11.7 Å². The minimum Gasteiger partial charge on any atom is -0.370 e. The van der Waals surface area contributed by atoms with E-state index < -0.39 is 6.04 Å². The molecule has 0 aliphatic carbocycles. The number of para-hydroxylation sites is 1. The summed E-state index contributed by atoms with van der Waals surface area (Å²) in [4.78, 5) is 28.0. The smallest absolute Gasteiger partial charge is 0.259 e. The Morgan fingerprint density at radius 2 is 1.74 bits per heavy atom. The number of anilines is 2. The van der Waals surface area contributed by atoms with Gasteiger partial charge in [0.25, 0.3) is 5.91 Å². The molecular weight excluding hydrogens is 469 g/mol. The van der Waals surface area contributed by atoms with Crippen LogP contribution in [0, 0.1) is 0 Å². The van der Waals surface area contributed by atoms with Gasteiger partial charge in [-0.1, -0.05) is 41.4 Å². The van der Waals surface area contributed by atoms with Crippen molar-refractivity contribution in [1.29, 1.82) is 0 Å². The zero-order valence-electron chi connectivity index (χ0n) is 18.3. The SMILES string of the molecule is CN(C(=O)c1cc(Cl)ccc1Cl)c1ccc(C(=O)C2Nc3ccccc3Cn3cccc32)cc1. The first-order chi connectivity index (χ1) is 16.4. The fourth-order valence-corrected chi connectivity index (χ4v) is 4.59. The molecule has 1 N–H and O–H groups in total. The Bertz CT molecular complexity index is 1400. The van der Waals surface area contributed by atoms with Gasteiger partial charge in [-0.15, -0.1) is 0 Å². The molecule has 5 nitrogen and oxygen atoms in total. The highest BCUT2D eigenvalue weighted by Gasteiger charge is 2.28. The van der Waals surface area contributed by atoms with E-state index in [1.807, 2.05) is 36.5 Å². The number of fused-ring (bicyclic) bond motifs is 2. The first kappa shape index (κ1) is 22.3. The molecule has 1 aliphatic heterocycles. The summed E-state index contributed by atoms with van der Waals surface area (Å²) in [7, 11) is 1.66. The zero-order chi connectivity index (χ0) is 23.8. The van der Waals surface area contributed by atoms with Gasteiger partial charge >= 0.3 is 0 Å². The van der Waals surface area contributed by atoms with Crippen LogP contribution < -0.4 is 10.2 Å². The number of ketones is 1. The van der Waals surface area contributed by atoms with E-state index in [0.717, 1.165) is 16.9 Å². The van der Waals surface area contributed by atoms with Crippen LogP contribution in [-0.4, -0.2) is 23.3 Å². The quantitative estimate of drug-likeness (QED) is 0.334. The Morgan fingerprint density at radius 1 is 0.971 bits per heavy atom. The van der Waals surface area contributed by atoms with Crippen LogP contribution in [0.4, 0.5) is 11.4 Å². The molecule has 1 aliphatic rings. The lowest BCUT2D eigenvalue weighted by Gasteiger charge is -2.20. The van der Waals surface area contributed by atoms with Crippen LogP contribution in [0.3, 0.4) is 0 Å². The second kappa shape index (κ2) is 9.01. The fraction of sp³-hybridized carbons (Fsp3) is 0.111. The Balaban J connectivity index is 1.41. The summed E-state index contributed by atoms with van der Waals surface area (Å²) in [6, 6.07) is 23.2. The van der Waals surface area contributed by atoms with E-state index in [1.165, 1.54) is 4.90 Å². The highest BCUT2D eigenvalue weighted by Crippen LogP contribution is 2.31. The Labute approximate surface area is 207 Å². The number of rotatable bonds is 4. The van der Waals surface area contributed by atoms with Crippen molar-refractivity contribution in [2.75, 3.05) is 17.3 Å². The molecule has 0 bridgehead atoms. The first-order valence-corrected chi connectivity index (χ1v) is 11.5. The molecule has 0 saturated heterocycles. The average Bonchev–Trinajstić information content (AvgIpc) is 3.25. The van der Waals surface area contributed by atoms with Crippen LogP contribution in [0.25, 0.3) is 0 Å². The van der Waals surface area contributed by atoms with Crippen molar-refractivity contribution in [3.63, 3.8) is 0 Å². The summed E-state index contributed by atoms with van der Waals surface area (Å²) in [5, 5.41) is 4.19. The van der Waals surface area contributed by atoms with Crippen LogP contribution >= 0.6 is 23.2 Å². The number of nitrogens with one attached hydrogen (secondary N) is 1. The number of aromatic nitrogens is 1. The third-order valence-corrected chi connectivity index (χ3v) is 6.65. The average molecular weight is 490 g/mol. The van der Waals surface area contributed by atoms with Gasteiger partial charge in [0.15, 0.2) is 5.78 Å². The number of benzene rings is 3. The highest BCUT2D eigenvalue weighted by atomic mass is 35.5. The molecule has 3 aromatic carbocycles. The van der Waals surface area contributed by atoms with Crippen molar-refractivity contribution < 1.29 is 9.59 Å². The first-order valence-electron chi connectivity index (χ1n) is 10.8. The van der Waals surface area contributed by atoms with Crippen molar-refractivity contribution in [1.82, 2.24) is 4.57 Å². The van der Waals surface area contributed by atoms with Gasteiger partial charge in [-0.2, -0.15) is 0 Å². The van der Waals surface area contributed by atoms with Crippen LogP contribution in [-0.2, 0) is 6.54 Å². The maximum atomic E-state index is 13.6. The zero-order valence-corrected chi connectivity index (χ0v) is 19.8. The fourth-order valence-electron chi connectivity index (χ4n) is 4.22. The van der Waals surface area contributed by atoms with Gasteiger partial charge < -0.3 is 14.8 Å². The highest BCUT2D eigenvalue weighted by molar-refractivity contribution is 6.36. The molecule has 34 heavy (non-hydrogen) atoms. The lowest BCUT2D eigenvalue weighted by molar-refractivity contribution is 0.0966. The predicted octanol–water partition coefficient (Wildman–Crippen LogP) is 6.47. The van der Waals surface area contributed by atoms with Gasteiger partial charge in [-0.3, -0.25) is 9.59 Å². The largest absolute Gasteiger partial charge is 0.370 e. The van der Waals surface area contributed by atoms with Crippen LogP contribution in [0.2, 0.25) is 10.0 Å². The molecule has 1 atom stereocenters. The van der Waals surface area contributed by atoms with Crippen molar-refractivity contribution in [2.45, 2.75) is 12.6 Å². The molecule has 1 unspecified atom stereocenters. The molecule has 0 saturated carbocycles. The molecule has 170 valence electrons. The molecule has 5 rings (SSSR count). The van der Waals surface area contributed by atoms with E-state index >= 15 is 0 Å². The van der Waals surface area contributed by atoms with Gasteiger partial charge in [0.2, 0.25) is 0 Å². The normalized spacial score (nSPS) is 14.4. The maximum absolute atomic E-state index is 13.6. The molecule has 0 spiro atoms. The number of hydrogen-bond donors (Lipinski definition) is 1. The van der Waals surface area contributed by atoms with Gasteiger partial charge in [-0.25, -0.2) is 0 Å². The predicted molar refractivity (Wildman–Crippen MR) is 136 cm³/mol. The number of hydrogen-bond acceptors (Lipinski definition) is 3. The topological polar surface area (TPSA) is 54.3 Å². The van der Waals surface area contributed by atoms with Gasteiger partial charge in [0, 0.05) is 47.4 Å².